The van der Waals surface area contributed by atoms with Crippen LogP contribution in [-0.2, 0) is 19.1 Å². The van der Waals surface area contributed by atoms with Crippen molar-refractivity contribution in [1.82, 2.24) is 0 Å². The summed E-state index contributed by atoms with van der Waals surface area (Å²) < 4.78 is 10.3. The van der Waals surface area contributed by atoms with Crippen molar-refractivity contribution in [1.29, 1.82) is 0 Å². The van der Waals surface area contributed by atoms with Crippen LogP contribution in [-0.4, -0.2) is 47.1 Å². The van der Waals surface area contributed by atoms with E-state index in [1.54, 1.807) is 0 Å². The summed E-state index contributed by atoms with van der Waals surface area (Å²) in [5.74, 6) is -0.818. The lowest BCUT2D eigenvalue weighted by molar-refractivity contribution is -0.196. The van der Waals surface area contributed by atoms with E-state index >= 15 is 0 Å². The Hall–Kier alpha value is -1.43. The second-order valence-corrected chi connectivity index (χ2v) is 7.66. The summed E-state index contributed by atoms with van der Waals surface area (Å²) in [7, 11) is 1.17. The molecule has 1 N–H and O–H groups in total. The predicted octanol–water partition coefficient (Wildman–Crippen LogP) is 1.10. The van der Waals surface area contributed by atoms with Gasteiger partial charge in [-0.3, -0.25) is 4.99 Å². The fourth-order valence-electron chi connectivity index (χ4n) is 4.39. The highest BCUT2D eigenvalue weighted by molar-refractivity contribution is 6.02. The van der Waals surface area contributed by atoms with Crippen LogP contribution in [0.2, 0.25) is 0 Å². The Morgan fingerprint density at radius 1 is 1.45 bits per heavy atom. The van der Waals surface area contributed by atoms with Gasteiger partial charge < -0.3 is 14.6 Å². The van der Waals surface area contributed by atoms with Crippen LogP contribution in [0.25, 0.3) is 0 Å². The molecule has 3 saturated carbocycles. The number of hydrogen-bond acceptors (Lipinski definition) is 6. The molecule has 0 amide bonds. The van der Waals surface area contributed by atoms with Gasteiger partial charge in [-0.2, -0.15) is 0 Å². The van der Waals surface area contributed by atoms with E-state index in [0.717, 1.165) is 18.6 Å². The molecule has 0 aromatic heterocycles. The molecule has 5 atom stereocenters. The van der Waals surface area contributed by atoms with Crippen molar-refractivity contribution in [2.45, 2.75) is 57.8 Å². The van der Waals surface area contributed by atoms with Crippen LogP contribution in [0.3, 0.4) is 0 Å². The third-order valence-electron chi connectivity index (χ3n) is 6.10. The van der Waals surface area contributed by atoms with Crippen LogP contribution in [0.1, 0.15) is 40.5 Å². The molecule has 6 heteroatoms. The minimum Gasteiger partial charge on any atom is -0.467 e. The van der Waals surface area contributed by atoms with Crippen LogP contribution < -0.4 is 0 Å². The third kappa shape index (κ3) is 1.73. The second-order valence-electron chi connectivity index (χ2n) is 7.66. The monoisotopic (exact) mass is 309 g/mol. The van der Waals surface area contributed by atoms with Crippen molar-refractivity contribution in [2.75, 3.05) is 7.11 Å². The lowest BCUT2D eigenvalue weighted by atomic mass is 9.43. The van der Waals surface area contributed by atoms with E-state index in [1.807, 2.05) is 6.92 Å². The highest BCUT2D eigenvalue weighted by Crippen LogP contribution is 2.63. The summed E-state index contributed by atoms with van der Waals surface area (Å²) in [4.78, 5) is 28.6. The molecule has 0 aromatic carbocycles. The van der Waals surface area contributed by atoms with Gasteiger partial charge in [-0.25, -0.2) is 9.59 Å². The first-order chi connectivity index (χ1) is 10.0. The van der Waals surface area contributed by atoms with Crippen molar-refractivity contribution in [3.05, 3.63) is 0 Å². The molecule has 3 fully saturated rings. The molecule has 22 heavy (non-hydrogen) atoms. The molecular formula is C16H23NO5. The predicted molar refractivity (Wildman–Crippen MR) is 78.4 cm³/mol. The van der Waals surface area contributed by atoms with Gasteiger partial charge in [0.1, 0.15) is 0 Å². The van der Waals surface area contributed by atoms with Gasteiger partial charge in [-0.15, -0.1) is 0 Å². The number of esters is 2. The van der Waals surface area contributed by atoms with Crippen molar-refractivity contribution in [3.8, 4) is 0 Å². The number of aliphatic hydroxyl groups is 1. The number of ether oxygens (including phenoxy) is 2. The number of carbonyl (C=O) groups is 2. The Balaban J connectivity index is 1.98. The highest BCUT2D eigenvalue weighted by Gasteiger charge is 2.66. The first-order valence-corrected chi connectivity index (χ1v) is 7.66. The van der Waals surface area contributed by atoms with Gasteiger partial charge in [-0.05, 0) is 38.0 Å². The lowest BCUT2D eigenvalue weighted by Gasteiger charge is -2.64. The summed E-state index contributed by atoms with van der Waals surface area (Å²) in [6, 6.07) is -1.26. The molecule has 122 valence electrons. The molecule has 0 unspecified atom stereocenters. The Bertz CT molecular complexity index is 579. The first-order valence-electron chi connectivity index (χ1n) is 7.66. The molecule has 0 saturated heterocycles. The molecule has 1 heterocycles. The summed E-state index contributed by atoms with van der Waals surface area (Å²) in [6.07, 6.45) is 1.76. The highest BCUT2D eigenvalue weighted by atomic mass is 16.6. The van der Waals surface area contributed by atoms with Crippen molar-refractivity contribution in [2.24, 2.45) is 22.2 Å². The number of hydrogen-bond donors (Lipinski definition) is 1. The number of methoxy groups -OCH3 is 1. The van der Waals surface area contributed by atoms with Gasteiger partial charge in [0.2, 0.25) is 0 Å². The third-order valence-corrected chi connectivity index (χ3v) is 6.10. The molecule has 4 rings (SSSR count). The quantitative estimate of drug-likeness (QED) is 0.772. The smallest absolute Gasteiger partial charge is 0.340 e. The number of carbonyl (C=O) groups excluding carboxylic acids is 2. The summed E-state index contributed by atoms with van der Waals surface area (Å²) in [5, 5.41) is 10.3. The minimum absolute atomic E-state index is 0.117. The molecule has 2 bridgehead atoms. The van der Waals surface area contributed by atoms with Crippen molar-refractivity contribution in [3.63, 3.8) is 0 Å². The van der Waals surface area contributed by atoms with E-state index in [0.29, 0.717) is 5.92 Å². The van der Waals surface area contributed by atoms with Crippen LogP contribution >= 0.6 is 0 Å². The van der Waals surface area contributed by atoms with Crippen LogP contribution in [0.15, 0.2) is 4.99 Å². The van der Waals surface area contributed by atoms with Gasteiger partial charge in [0.15, 0.2) is 17.2 Å². The Kier molecular flexibility index (Phi) is 3.03. The molecule has 0 spiro atoms. The lowest BCUT2D eigenvalue weighted by Crippen LogP contribution is -2.69. The molecule has 6 nitrogen and oxygen atoms in total. The maximum Gasteiger partial charge on any atom is 0.340 e. The summed E-state index contributed by atoms with van der Waals surface area (Å²) in [6.45, 7) is 7.52. The summed E-state index contributed by atoms with van der Waals surface area (Å²) in [5.41, 5.74) is -1.84. The van der Waals surface area contributed by atoms with Gasteiger partial charge in [-0.1, -0.05) is 13.8 Å². The molecule has 4 aliphatic rings. The van der Waals surface area contributed by atoms with E-state index in [2.05, 4.69) is 23.6 Å². The van der Waals surface area contributed by atoms with Gasteiger partial charge >= 0.3 is 11.9 Å². The average molecular weight is 309 g/mol. The van der Waals surface area contributed by atoms with Gasteiger partial charge in [0, 0.05) is 5.92 Å². The molecular weight excluding hydrogens is 286 g/mol. The largest absolute Gasteiger partial charge is 0.467 e. The van der Waals surface area contributed by atoms with Gasteiger partial charge in [0.25, 0.3) is 0 Å². The average Bonchev–Trinajstić information content (AvgIpc) is 2.43. The second kappa shape index (κ2) is 4.31. The Labute approximate surface area is 129 Å². The fraction of sp³-hybridized carbons (Fsp3) is 0.812. The van der Waals surface area contributed by atoms with E-state index in [1.165, 1.54) is 14.0 Å². The van der Waals surface area contributed by atoms with E-state index < -0.39 is 29.2 Å². The van der Waals surface area contributed by atoms with Crippen LogP contribution in [0.4, 0.5) is 0 Å². The van der Waals surface area contributed by atoms with Crippen LogP contribution in [0.5, 0.6) is 0 Å². The molecule has 1 aliphatic heterocycles. The molecule has 3 aliphatic carbocycles. The van der Waals surface area contributed by atoms with E-state index in [4.69, 9.17) is 4.74 Å². The maximum absolute atomic E-state index is 12.4. The zero-order chi connectivity index (χ0) is 16.5. The molecule has 0 aromatic rings. The minimum atomic E-state index is -2.02. The topological polar surface area (TPSA) is 85.2 Å². The van der Waals surface area contributed by atoms with E-state index in [-0.39, 0.29) is 11.3 Å². The number of rotatable bonds is 2. The first kappa shape index (κ1) is 15.5. The number of aliphatic imine (C=N–C) groups is 1. The molecule has 0 radical (unpaired) electrons. The SMILES string of the molecule is COC(=O)[C@@](C)(O)[C@@H]1N=C2C[C@@H]3C[C@@H](C3(C)C)[C@]2(C)OC1=O. The van der Waals surface area contributed by atoms with Crippen molar-refractivity contribution >= 4 is 17.7 Å². The Morgan fingerprint density at radius 3 is 2.64 bits per heavy atom. The Morgan fingerprint density at radius 2 is 2.09 bits per heavy atom. The fourth-order valence-corrected chi connectivity index (χ4v) is 4.39. The number of nitrogens with zero attached hydrogens (tertiary/aromatic N) is 1. The standard InChI is InChI=1S/C16H23NO5/c1-14(2)8-6-9(14)16(4)10(7-8)17-11(12(18)22-16)15(3,20)13(19)21-5/h8-9,11,20H,6-7H2,1-5H3/t8-,9-,11+,15-,16-/m0/s1. The van der Waals surface area contributed by atoms with Crippen LogP contribution in [0, 0.1) is 17.3 Å². The summed E-state index contributed by atoms with van der Waals surface area (Å²) >= 11 is 0. The zero-order valence-corrected chi connectivity index (χ0v) is 13.7. The normalized spacial score (nSPS) is 41.3. The maximum atomic E-state index is 12.4. The van der Waals surface area contributed by atoms with Gasteiger partial charge in [0.05, 0.1) is 12.8 Å². The van der Waals surface area contributed by atoms with E-state index in [9.17, 15) is 14.7 Å². The van der Waals surface area contributed by atoms with Crippen molar-refractivity contribution < 1.29 is 24.2 Å². The zero-order valence-electron chi connectivity index (χ0n) is 13.7.